The summed E-state index contributed by atoms with van der Waals surface area (Å²) in [5, 5.41) is 0.494. The lowest BCUT2D eigenvalue weighted by molar-refractivity contribution is 0.101. The highest BCUT2D eigenvalue weighted by Gasteiger charge is 2.14. The van der Waals surface area contributed by atoms with E-state index in [1.807, 2.05) is 30.3 Å². The molecule has 0 saturated heterocycles. The van der Waals surface area contributed by atoms with Gasteiger partial charge in [0.25, 0.3) is 0 Å². The van der Waals surface area contributed by atoms with Crippen molar-refractivity contribution in [2.75, 3.05) is 12.4 Å². The number of nitrogens with zero attached hydrogens (tertiary/aromatic N) is 1. The number of aromatic nitrogens is 2. The molecule has 1 aromatic heterocycles. The fourth-order valence-corrected chi connectivity index (χ4v) is 3.06. The number of rotatable bonds is 7. The highest BCUT2D eigenvalue weighted by atomic mass is 32.2. The third kappa shape index (κ3) is 4.46. The quantitative estimate of drug-likeness (QED) is 0.368. The van der Waals surface area contributed by atoms with Gasteiger partial charge in [-0.2, -0.15) is 4.98 Å². The van der Waals surface area contributed by atoms with Crippen molar-refractivity contribution in [3.05, 3.63) is 52.1 Å². The number of carbonyl (C=O) groups is 1. The van der Waals surface area contributed by atoms with Crippen molar-refractivity contribution in [2.45, 2.75) is 25.3 Å². The topological polar surface area (TPSA) is 72.0 Å². The zero-order valence-electron chi connectivity index (χ0n) is 12.6. The van der Waals surface area contributed by atoms with Crippen LogP contribution >= 0.6 is 11.8 Å². The molecule has 1 aromatic carbocycles. The second-order valence-electron chi connectivity index (χ2n) is 4.77. The van der Waals surface area contributed by atoms with E-state index in [1.54, 1.807) is 6.92 Å². The van der Waals surface area contributed by atoms with Crippen molar-refractivity contribution >= 4 is 17.5 Å². The Labute approximate surface area is 133 Å². The van der Waals surface area contributed by atoms with Gasteiger partial charge in [-0.05, 0) is 32.4 Å². The smallest absolute Gasteiger partial charge is 0.346 e. The molecule has 0 saturated carbocycles. The highest BCUT2D eigenvalue weighted by molar-refractivity contribution is 7.99. The molecule has 0 aliphatic heterocycles. The lowest BCUT2D eigenvalue weighted by Gasteiger charge is -2.08. The number of thioether (sulfide) groups is 1. The lowest BCUT2D eigenvalue weighted by Crippen LogP contribution is -2.17. The van der Waals surface area contributed by atoms with Crippen molar-refractivity contribution in [1.82, 2.24) is 9.97 Å². The van der Waals surface area contributed by atoms with Crippen LogP contribution in [0.15, 0.2) is 40.2 Å². The Hall–Kier alpha value is -2.08. The van der Waals surface area contributed by atoms with E-state index in [0.29, 0.717) is 22.9 Å². The first kappa shape index (κ1) is 16.3. The molecule has 6 heteroatoms. The molecule has 0 aliphatic carbocycles. The summed E-state index contributed by atoms with van der Waals surface area (Å²) in [4.78, 5) is 29.6. The first-order valence-corrected chi connectivity index (χ1v) is 7.99. The molecule has 1 heterocycles. The third-order valence-electron chi connectivity index (χ3n) is 2.98. The second kappa shape index (κ2) is 7.79. The van der Waals surface area contributed by atoms with Gasteiger partial charge in [0.1, 0.15) is 10.8 Å². The number of carbonyl (C=O) groups excluding carboxylic acids is 1. The van der Waals surface area contributed by atoms with Crippen LogP contribution in [0.3, 0.4) is 0 Å². The Bertz CT molecular complexity index is 698. The summed E-state index contributed by atoms with van der Waals surface area (Å²) < 4.78 is 5.60. The summed E-state index contributed by atoms with van der Waals surface area (Å²) in [6.45, 7) is 3.77. The zero-order chi connectivity index (χ0) is 15.9. The van der Waals surface area contributed by atoms with Crippen molar-refractivity contribution in [1.29, 1.82) is 0 Å². The molecular formula is C16H18N2O3S. The van der Waals surface area contributed by atoms with E-state index < -0.39 is 5.69 Å². The predicted octanol–water partition coefficient (Wildman–Crippen LogP) is 2.84. The molecule has 0 atom stereocenters. The average Bonchev–Trinajstić information content (AvgIpc) is 2.46. The first-order chi connectivity index (χ1) is 10.6. The molecule has 5 nitrogen and oxygen atoms in total. The number of Topliss-reactive ketones (excluding diaryl/α,β-unsaturated/α-hetero) is 1. The minimum Gasteiger partial charge on any atom is -0.494 e. The van der Waals surface area contributed by atoms with Gasteiger partial charge < -0.3 is 9.72 Å². The van der Waals surface area contributed by atoms with Crippen LogP contribution in [0.25, 0.3) is 0 Å². The molecule has 0 radical (unpaired) electrons. The molecule has 0 fully saturated rings. The Morgan fingerprint density at radius 3 is 2.73 bits per heavy atom. The van der Waals surface area contributed by atoms with Gasteiger partial charge in [-0.1, -0.05) is 18.2 Å². The first-order valence-electron chi connectivity index (χ1n) is 7.00. The molecule has 2 rings (SSSR count). The van der Waals surface area contributed by atoms with Crippen LogP contribution in [0.1, 0.15) is 29.4 Å². The van der Waals surface area contributed by atoms with E-state index in [9.17, 15) is 9.59 Å². The highest BCUT2D eigenvalue weighted by Crippen LogP contribution is 2.22. The molecule has 2 aromatic rings. The molecule has 116 valence electrons. The van der Waals surface area contributed by atoms with E-state index >= 15 is 0 Å². The summed E-state index contributed by atoms with van der Waals surface area (Å²) in [6, 6.07) is 9.59. The minimum atomic E-state index is -0.425. The van der Waals surface area contributed by atoms with Gasteiger partial charge in [0.15, 0.2) is 5.78 Å². The number of aromatic amines is 1. The van der Waals surface area contributed by atoms with Crippen LogP contribution < -0.4 is 10.4 Å². The van der Waals surface area contributed by atoms with Crippen LogP contribution in [0, 0.1) is 6.92 Å². The summed E-state index contributed by atoms with van der Waals surface area (Å²) in [5.41, 5.74) is 0.634. The number of nitrogens with one attached hydrogen (secondary N) is 1. The van der Waals surface area contributed by atoms with Gasteiger partial charge in [0, 0.05) is 11.4 Å². The lowest BCUT2D eigenvalue weighted by atomic mass is 10.2. The Morgan fingerprint density at radius 2 is 2.05 bits per heavy atom. The summed E-state index contributed by atoms with van der Waals surface area (Å²) in [6.07, 6.45) is 0.796. The van der Waals surface area contributed by atoms with E-state index in [1.165, 1.54) is 18.7 Å². The van der Waals surface area contributed by atoms with Crippen LogP contribution in [0.2, 0.25) is 0 Å². The van der Waals surface area contributed by atoms with Gasteiger partial charge in [0.05, 0.1) is 12.2 Å². The number of benzene rings is 1. The fraction of sp³-hybridized carbons (Fsp3) is 0.312. The zero-order valence-corrected chi connectivity index (χ0v) is 13.4. The van der Waals surface area contributed by atoms with Gasteiger partial charge >= 0.3 is 5.69 Å². The minimum absolute atomic E-state index is 0.0933. The van der Waals surface area contributed by atoms with Gasteiger partial charge in [-0.15, -0.1) is 11.8 Å². The van der Waals surface area contributed by atoms with Crippen LogP contribution in [-0.2, 0) is 0 Å². The van der Waals surface area contributed by atoms with Crippen LogP contribution in [0.4, 0.5) is 0 Å². The third-order valence-corrected chi connectivity index (χ3v) is 4.04. The Balaban J connectivity index is 1.89. The number of ether oxygens (including phenoxy) is 1. The molecule has 0 aliphatic rings. The molecule has 0 amide bonds. The number of hydrogen-bond acceptors (Lipinski definition) is 5. The molecule has 0 bridgehead atoms. The van der Waals surface area contributed by atoms with Crippen molar-refractivity contribution in [3.63, 3.8) is 0 Å². The molecular weight excluding hydrogens is 300 g/mol. The molecule has 22 heavy (non-hydrogen) atoms. The normalized spacial score (nSPS) is 10.5. The maximum Gasteiger partial charge on any atom is 0.346 e. The van der Waals surface area contributed by atoms with Crippen LogP contribution in [0.5, 0.6) is 5.75 Å². The summed E-state index contributed by atoms with van der Waals surface area (Å²) in [5.74, 6) is 1.47. The Morgan fingerprint density at radius 1 is 1.32 bits per heavy atom. The average molecular weight is 318 g/mol. The van der Waals surface area contributed by atoms with Crippen LogP contribution in [-0.4, -0.2) is 28.1 Å². The van der Waals surface area contributed by atoms with E-state index in [-0.39, 0.29) is 5.78 Å². The summed E-state index contributed by atoms with van der Waals surface area (Å²) >= 11 is 1.41. The van der Waals surface area contributed by atoms with Crippen molar-refractivity contribution < 1.29 is 9.53 Å². The van der Waals surface area contributed by atoms with Crippen molar-refractivity contribution in [2.24, 2.45) is 0 Å². The second-order valence-corrected chi connectivity index (χ2v) is 5.85. The van der Waals surface area contributed by atoms with E-state index in [2.05, 4.69) is 9.97 Å². The maximum atomic E-state index is 11.7. The number of ketones is 1. The largest absolute Gasteiger partial charge is 0.494 e. The Kier molecular flexibility index (Phi) is 5.77. The van der Waals surface area contributed by atoms with Gasteiger partial charge in [0.2, 0.25) is 0 Å². The molecule has 0 unspecified atom stereocenters. The van der Waals surface area contributed by atoms with E-state index in [0.717, 1.165) is 17.9 Å². The summed E-state index contributed by atoms with van der Waals surface area (Å²) in [7, 11) is 0. The van der Waals surface area contributed by atoms with Gasteiger partial charge in [-0.3, -0.25) is 4.79 Å². The fourth-order valence-electron chi connectivity index (χ4n) is 2.01. The number of H-pyrrole nitrogens is 1. The van der Waals surface area contributed by atoms with Crippen molar-refractivity contribution in [3.8, 4) is 5.75 Å². The molecule has 0 spiro atoms. The maximum absolute atomic E-state index is 11.7. The SMILES string of the molecule is CC(=O)c1c(SCCCOc2ccccc2)nc(=O)[nH]c1C. The number of para-hydroxylation sites is 1. The van der Waals surface area contributed by atoms with Gasteiger partial charge in [-0.25, -0.2) is 4.79 Å². The predicted molar refractivity (Wildman–Crippen MR) is 86.9 cm³/mol. The monoisotopic (exact) mass is 318 g/mol. The molecule has 1 N–H and O–H groups in total. The van der Waals surface area contributed by atoms with E-state index in [4.69, 9.17) is 4.74 Å². The standard InChI is InChI=1S/C16H18N2O3S/c1-11-14(12(2)19)15(18-16(20)17-11)22-10-6-9-21-13-7-4-3-5-8-13/h3-5,7-8H,6,9-10H2,1-2H3,(H,17,18,20). The number of hydrogen-bond donors (Lipinski definition) is 1. The number of aryl methyl sites for hydroxylation is 1.